The molecule has 0 heterocycles. The first-order chi connectivity index (χ1) is 5.81. The molecule has 13 heavy (non-hydrogen) atoms. The van der Waals surface area contributed by atoms with E-state index >= 15 is 0 Å². The summed E-state index contributed by atoms with van der Waals surface area (Å²) < 4.78 is 0. The quantitative estimate of drug-likeness (QED) is 0.687. The van der Waals surface area contributed by atoms with E-state index in [4.69, 9.17) is 10.2 Å². The standard InChI is InChI=1S/C9H16O4/c1-4-6(8(12)13)9(2,3)5-7(10)11/h6H,4-5H2,1-3H3,(H,10,11)(H,12,13). The second-order valence-electron chi connectivity index (χ2n) is 3.86. The average molecular weight is 188 g/mol. The average Bonchev–Trinajstić information content (AvgIpc) is 1.82. The Morgan fingerprint density at radius 2 is 1.77 bits per heavy atom. The summed E-state index contributed by atoms with van der Waals surface area (Å²) >= 11 is 0. The highest BCUT2D eigenvalue weighted by molar-refractivity contribution is 5.73. The van der Waals surface area contributed by atoms with E-state index in [2.05, 4.69) is 0 Å². The third-order valence-corrected chi connectivity index (χ3v) is 2.26. The summed E-state index contributed by atoms with van der Waals surface area (Å²) in [7, 11) is 0. The number of rotatable bonds is 5. The lowest BCUT2D eigenvalue weighted by Crippen LogP contribution is -2.32. The minimum atomic E-state index is -0.954. The smallest absolute Gasteiger partial charge is 0.307 e. The van der Waals surface area contributed by atoms with Crippen LogP contribution in [0, 0.1) is 11.3 Å². The van der Waals surface area contributed by atoms with Crippen molar-refractivity contribution in [3.63, 3.8) is 0 Å². The fourth-order valence-electron chi connectivity index (χ4n) is 1.57. The van der Waals surface area contributed by atoms with Crippen LogP contribution in [0.5, 0.6) is 0 Å². The summed E-state index contributed by atoms with van der Waals surface area (Å²) in [5, 5.41) is 17.4. The lowest BCUT2D eigenvalue weighted by Gasteiger charge is -2.28. The van der Waals surface area contributed by atoms with Crippen molar-refractivity contribution in [2.24, 2.45) is 11.3 Å². The first kappa shape index (κ1) is 11.9. The second-order valence-corrected chi connectivity index (χ2v) is 3.86. The summed E-state index contributed by atoms with van der Waals surface area (Å²) in [5.41, 5.74) is -0.688. The summed E-state index contributed by atoms with van der Waals surface area (Å²) in [5.74, 6) is -2.47. The highest BCUT2D eigenvalue weighted by Crippen LogP contribution is 2.33. The molecule has 1 unspecified atom stereocenters. The Hall–Kier alpha value is -1.06. The van der Waals surface area contributed by atoms with Crippen molar-refractivity contribution in [1.29, 1.82) is 0 Å². The van der Waals surface area contributed by atoms with Gasteiger partial charge in [-0.1, -0.05) is 20.8 Å². The van der Waals surface area contributed by atoms with Crippen LogP contribution >= 0.6 is 0 Å². The van der Waals surface area contributed by atoms with Crippen molar-refractivity contribution in [3.8, 4) is 0 Å². The van der Waals surface area contributed by atoms with Gasteiger partial charge < -0.3 is 10.2 Å². The molecule has 76 valence electrons. The fourth-order valence-corrected chi connectivity index (χ4v) is 1.57. The monoisotopic (exact) mass is 188 g/mol. The van der Waals surface area contributed by atoms with Crippen LogP contribution in [0.2, 0.25) is 0 Å². The lowest BCUT2D eigenvalue weighted by molar-refractivity contribution is -0.148. The highest BCUT2D eigenvalue weighted by Gasteiger charge is 2.35. The molecular formula is C9H16O4. The molecule has 0 rings (SSSR count). The van der Waals surface area contributed by atoms with Gasteiger partial charge in [0.05, 0.1) is 12.3 Å². The summed E-state index contributed by atoms with van der Waals surface area (Å²) in [6.07, 6.45) is 0.341. The Labute approximate surface area is 77.6 Å². The normalized spacial score (nSPS) is 13.8. The number of carboxylic acids is 2. The molecular weight excluding hydrogens is 172 g/mol. The molecule has 0 amide bonds. The summed E-state index contributed by atoms with van der Waals surface area (Å²) in [4.78, 5) is 21.2. The molecule has 1 atom stereocenters. The maximum atomic E-state index is 10.8. The molecule has 0 aliphatic heterocycles. The maximum absolute atomic E-state index is 10.8. The molecule has 0 spiro atoms. The van der Waals surface area contributed by atoms with E-state index in [1.807, 2.05) is 0 Å². The fraction of sp³-hybridized carbons (Fsp3) is 0.778. The predicted molar refractivity (Wildman–Crippen MR) is 47.5 cm³/mol. The Bertz CT molecular complexity index is 208. The Balaban J connectivity index is 4.56. The molecule has 0 bridgehead atoms. The van der Waals surface area contributed by atoms with Crippen molar-refractivity contribution in [1.82, 2.24) is 0 Å². The van der Waals surface area contributed by atoms with Crippen molar-refractivity contribution in [3.05, 3.63) is 0 Å². The third-order valence-electron chi connectivity index (χ3n) is 2.26. The van der Waals surface area contributed by atoms with Crippen LogP contribution in [-0.4, -0.2) is 22.2 Å². The first-order valence-electron chi connectivity index (χ1n) is 4.26. The van der Waals surface area contributed by atoms with E-state index in [1.165, 1.54) is 0 Å². The Morgan fingerprint density at radius 1 is 1.31 bits per heavy atom. The van der Waals surface area contributed by atoms with E-state index in [9.17, 15) is 9.59 Å². The molecule has 4 heteroatoms. The zero-order chi connectivity index (χ0) is 10.6. The first-order valence-corrected chi connectivity index (χ1v) is 4.26. The molecule has 0 aromatic carbocycles. The van der Waals surface area contributed by atoms with Crippen LogP contribution in [-0.2, 0) is 9.59 Å². The van der Waals surface area contributed by atoms with E-state index < -0.39 is 23.3 Å². The van der Waals surface area contributed by atoms with Crippen molar-refractivity contribution < 1.29 is 19.8 Å². The molecule has 0 aromatic heterocycles. The van der Waals surface area contributed by atoms with Gasteiger partial charge in [-0.15, -0.1) is 0 Å². The zero-order valence-electron chi connectivity index (χ0n) is 8.20. The van der Waals surface area contributed by atoms with Gasteiger partial charge in [0.25, 0.3) is 0 Å². The Kier molecular flexibility index (Phi) is 3.91. The van der Waals surface area contributed by atoms with Gasteiger partial charge in [0, 0.05) is 0 Å². The van der Waals surface area contributed by atoms with Gasteiger partial charge in [-0.25, -0.2) is 0 Å². The van der Waals surface area contributed by atoms with Crippen LogP contribution in [0.4, 0.5) is 0 Å². The van der Waals surface area contributed by atoms with Gasteiger partial charge in [-0.3, -0.25) is 9.59 Å². The number of carbonyl (C=O) groups is 2. The van der Waals surface area contributed by atoms with Crippen molar-refractivity contribution >= 4 is 11.9 Å². The molecule has 0 radical (unpaired) electrons. The highest BCUT2D eigenvalue weighted by atomic mass is 16.4. The zero-order valence-corrected chi connectivity index (χ0v) is 8.20. The van der Waals surface area contributed by atoms with Crippen molar-refractivity contribution in [2.45, 2.75) is 33.6 Å². The number of hydrogen-bond acceptors (Lipinski definition) is 2. The minimum Gasteiger partial charge on any atom is -0.481 e. The van der Waals surface area contributed by atoms with Gasteiger partial charge in [-0.05, 0) is 11.8 Å². The minimum absolute atomic E-state index is 0.113. The lowest BCUT2D eigenvalue weighted by atomic mass is 9.75. The molecule has 0 aliphatic rings. The van der Waals surface area contributed by atoms with Crippen LogP contribution < -0.4 is 0 Å². The molecule has 0 saturated heterocycles. The van der Waals surface area contributed by atoms with E-state index in [1.54, 1.807) is 20.8 Å². The number of hydrogen-bond donors (Lipinski definition) is 2. The summed E-state index contributed by atoms with van der Waals surface area (Å²) in [6, 6.07) is 0. The van der Waals surface area contributed by atoms with Crippen LogP contribution in [0.25, 0.3) is 0 Å². The van der Waals surface area contributed by atoms with Gasteiger partial charge in [0.2, 0.25) is 0 Å². The second kappa shape index (κ2) is 4.25. The predicted octanol–water partition coefficient (Wildman–Crippen LogP) is 1.60. The number of aliphatic carboxylic acids is 2. The molecule has 4 nitrogen and oxygen atoms in total. The Morgan fingerprint density at radius 3 is 2.00 bits per heavy atom. The molecule has 0 aromatic rings. The molecule has 0 saturated carbocycles. The van der Waals surface area contributed by atoms with Crippen LogP contribution in [0.1, 0.15) is 33.6 Å². The van der Waals surface area contributed by atoms with E-state index in [0.717, 1.165) is 0 Å². The van der Waals surface area contributed by atoms with E-state index in [-0.39, 0.29) is 6.42 Å². The van der Waals surface area contributed by atoms with Crippen LogP contribution in [0.3, 0.4) is 0 Å². The molecule has 2 N–H and O–H groups in total. The van der Waals surface area contributed by atoms with E-state index in [0.29, 0.717) is 6.42 Å². The number of carboxylic acid groups (broad SMARTS) is 2. The van der Waals surface area contributed by atoms with Gasteiger partial charge in [0.1, 0.15) is 0 Å². The largest absolute Gasteiger partial charge is 0.481 e. The SMILES string of the molecule is CCC(C(=O)O)C(C)(C)CC(=O)O. The maximum Gasteiger partial charge on any atom is 0.307 e. The summed E-state index contributed by atoms with van der Waals surface area (Å²) in [6.45, 7) is 5.09. The van der Waals surface area contributed by atoms with Gasteiger partial charge >= 0.3 is 11.9 Å². The third kappa shape index (κ3) is 3.44. The van der Waals surface area contributed by atoms with Gasteiger partial charge in [-0.2, -0.15) is 0 Å². The van der Waals surface area contributed by atoms with Crippen molar-refractivity contribution in [2.75, 3.05) is 0 Å². The molecule has 0 aliphatic carbocycles. The topological polar surface area (TPSA) is 74.6 Å². The molecule has 0 fully saturated rings. The van der Waals surface area contributed by atoms with Crippen LogP contribution in [0.15, 0.2) is 0 Å². The van der Waals surface area contributed by atoms with Gasteiger partial charge in [0.15, 0.2) is 0 Å².